The van der Waals surface area contributed by atoms with Crippen LogP contribution in [0.4, 0.5) is 0 Å². The highest BCUT2D eigenvalue weighted by Crippen LogP contribution is 2.10. The first-order valence-electron chi connectivity index (χ1n) is 3.54. The third-order valence-electron chi connectivity index (χ3n) is 1.54. The van der Waals surface area contributed by atoms with Crippen LogP contribution >= 0.6 is 11.6 Å². The normalized spacial score (nSPS) is 10.2. The predicted octanol–water partition coefficient (Wildman–Crippen LogP) is 0.609. The van der Waals surface area contributed by atoms with E-state index in [4.69, 9.17) is 11.6 Å². The Morgan fingerprint density at radius 2 is 2.00 bits per heavy atom. The van der Waals surface area contributed by atoms with Crippen molar-refractivity contribution in [2.24, 2.45) is 0 Å². The first kappa shape index (κ1) is 8.00. The molecule has 13 heavy (non-hydrogen) atoms. The van der Waals surface area contributed by atoms with Gasteiger partial charge in [0.05, 0.1) is 5.69 Å². The van der Waals surface area contributed by atoms with Crippen molar-refractivity contribution in [1.29, 1.82) is 0 Å². The molecular formula is C7H5ClN4O. The van der Waals surface area contributed by atoms with Crippen molar-refractivity contribution in [3.05, 3.63) is 39.8 Å². The van der Waals surface area contributed by atoms with Crippen molar-refractivity contribution < 1.29 is 0 Å². The lowest BCUT2D eigenvalue weighted by Crippen LogP contribution is -2.15. The Labute approximate surface area is 77.9 Å². The highest BCUT2D eigenvalue weighted by Gasteiger charge is 2.00. The number of H-pyrrole nitrogens is 1. The molecular weight excluding hydrogens is 192 g/mol. The van der Waals surface area contributed by atoms with Gasteiger partial charge in [0.1, 0.15) is 0 Å². The second kappa shape index (κ2) is 3.02. The summed E-state index contributed by atoms with van der Waals surface area (Å²) in [5.41, 5.74) is 0.255. The van der Waals surface area contributed by atoms with E-state index >= 15 is 0 Å². The molecule has 0 radical (unpaired) electrons. The fourth-order valence-corrected chi connectivity index (χ4v) is 1.08. The van der Waals surface area contributed by atoms with Crippen molar-refractivity contribution in [1.82, 2.24) is 20.2 Å². The maximum Gasteiger partial charge on any atom is 0.365 e. The third-order valence-corrected chi connectivity index (χ3v) is 1.80. The van der Waals surface area contributed by atoms with Crippen LogP contribution < -0.4 is 5.69 Å². The number of aromatic amines is 1. The van der Waals surface area contributed by atoms with Crippen LogP contribution in [-0.2, 0) is 0 Å². The Kier molecular flexibility index (Phi) is 1.86. The van der Waals surface area contributed by atoms with Gasteiger partial charge in [-0.1, -0.05) is 11.6 Å². The first-order chi connectivity index (χ1) is 6.27. The zero-order valence-corrected chi connectivity index (χ0v) is 7.19. The zero-order chi connectivity index (χ0) is 9.26. The van der Waals surface area contributed by atoms with Crippen LogP contribution in [0.3, 0.4) is 0 Å². The Morgan fingerprint density at radius 3 is 2.54 bits per heavy atom. The van der Waals surface area contributed by atoms with Crippen molar-refractivity contribution in [3.8, 4) is 5.69 Å². The Balaban J connectivity index is 2.54. The molecule has 66 valence electrons. The van der Waals surface area contributed by atoms with E-state index in [9.17, 15) is 4.79 Å². The molecule has 0 spiro atoms. The SMILES string of the molecule is O=c1[nH]nnn1-c1ccc(Cl)cc1. The summed E-state index contributed by atoms with van der Waals surface area (Å²) in [7, 11) is 0. The van der Waals surface area contributed by atoms with Gasteiger partial charge in [0.15, 0.2) is 0 Å². The van der Waals surface area contributed by atoms with Crippen LogP contribution in [0.5, 0.6) is 0 Å². The molecule has 2 rings (SSSR count). The molecule has 0 saturated heterocycles. The van der Waals surface area contributed by atoms with E-state index in [1.165, 1.54) is 0 Å². The van der Waals surface area contributed by atoms with Crippen LogP contribution in [0.1, 0.15) is 0 Å². The highest BCUT2D eigenvalue weighted by atomic mass is 35.5. The fraction of sp³-hybridized carbons (Fsp3) is 0. The molecule has 0 atom stereocenters. The summed E-state index contributed by atoms with van der Waals surface area (Å²) in [4.78, 5) is 11.1. The number of hydrogen-bond acceptors (Lipinski definition) is 3. The predicted molar refractivity (Wildman–Crippen MR) is 47.0 cm³/mol. The van der Waals surface area contributed by atoms with Gasteiger partial charge in [-0.15, -0.1) is 0 Å². The average molecular weight is 197 g/mol. The summed E-state index contributed by atoms with van der Waals surface area (Å²) in [6.07, 6.45) is 0. The number of aromatic nitrogens is 4. The Morgan fingerprint density at radius 1 is 1.31 bits per heavy atom. The van der Waals surface area contributed by atoms with Crippen molar-refractivity contribution in [2.45, 2.75) is 0 Å². The minimum atomic E-state index is -0.373. The number of benzene rings is 1. The smallest absolute Gasteiger partial charge is 0.244 e. The second-order valence-electron chi connectivity index (χ2n) is 2.39. The van der Waals surface area contributed by atoms with Crippen LogP contribution in [0.25, 0.3) is 5.69 Å². The van der Waals surface area contributed by atoms with Gasteiger partial charge in [-0.2, -0.15) is 4.68 Å². The monoisotopic (exact) mass is 196 g/mol. The lowest BCUT2D eigenvalue weighted by Gasteiger charge is -1.96. The largest absolute Gasteiger partial charge is 0.365 e. The van der Waals surface area contributed by atoms with Gasteiger partial charge in [-0.25, -0.2) is 9.89 Å². The lowest BCUT2D eigenvalue weighted by molar-refractivity contribution is 0.780. The zero-order valence-electron chi connectivity index (χ0n) is 6.44. The number of nitrogens with zero attached hydrogens (tertiary/aromatic N) is 3. The molecule has 0 bridgehead atoms. The van der Waals surface area contributed by atoms with Gasteiger partial charge < -0.3 is 0 Å². The summed E-state index contributed by atoms with van der Waals surface area (Å²) in [6.45, 7) is 0. The summed E-state index contributed by atoms with van der Waals surface area (Å²) >= 11 is 5.68. The maximum absolute atomic E-state index is 11.1. The molecule has 1 aromatic heterocycles. The lowest BCUT2D eigenvalue weighted by atomic mass is 10.3. The summed E-state index contributed by atoms with van der Waals surface area (Å²) in [5, 5.41) is 9.74. The molecule has 1 heterocycles. The van der Waals surface area contributed by atoms with Crippen LogP contribution in [0.15, 0.2) is 29.1 Å². The van der Waals surface area contributed by atoms with E-state index in [-0.39, 0.29) is 5.69 Å². The van der Waals surface area contributed by atoms with E-state index in [1.54, 1.807) is 24.3 Å². The average Bonchev–Trinajstić information content (AvgIpc) is 2.53. The molecule has 5 nitrogen and oxygen atoms in total. The van der Waals surface area contributed by atoms with Crippen molar-refractivity contribution in [3.63, 3.8) is 0 Å². The van der Waals surface area contributed by atoms with Gasteiger partial charge in [0, 0.05) is 5.02 Å². The second-order valence-corrected chi connectivity index (χ2v) is 2.83. The van der Waals surface area contributed by atoms with Crippen molar-refractivity contribution >= 4 is 11.6 Å². The number of hydrogen-bond donors (Lipinski definition) is 1. The number of halogens is 1. The van der Waals surface area contributed by atoms with E-state index in [0.717, 1.165) is 4.68 Å². The molecule has 0 unspecified atom stereocenters. The van der Waals surface area contributed by atoms with Crippen LogP contribution in [0, 0.1) is 0 Å². The molecule has 2 aromatic rings. The van der Waals surface area contributed by atoms with Crippen LogP contribution in [0.2, 0.25) is 5.02 Å². The van der Waals surface area contributed by atoms with E-state index in [2.05, 4.69) is 15.5 Å². The van der Waals surface area contributed by atoms with Gasteiger partial charge >= 0.3 is 5.69 Å². The molecule has 6 heteroatoms. The summed E-state index contributed by atoms with van der Waals surface area (Å²) in [5.74, 6) is 0. The maximum atomic E-state index is 11.1. The standard InChI is InChI=1S/C7H5ClN4O/c8-5-1-3-6(4-2-5)12-7(13)9-10-11-12/h1-4H,(H,9,11,13). The first-order valence-corrected chi connectivity index (χ1v) is 3.91. The summed E-state index contributed by atoms with van der Waals surface area (Å²) < 4.78 is 1.15. The molecule has 0 amide bonds. The van der Waals surface area contributed by atoms with Gasteiger partial charge in [0.25, 0.3) is 0 Å². The fourth-order valence-electron chi connectivity index (χ4n) is 0.949. The summed E-state index contributed by atoms with van der Waals surface area (Å²) in [6, 6.07) is 6.73. The number of tetrazole rings is 1. The number of nitrogens with one attached hydrogen (secondary N) is 1. The van der Waals surface area contributed by atoms with Crippen LogP contribution in [-0.4, -0.2) is 20.2 Å². The minimum absolute atomic E-state index is 0.373. The van der Waals surface area contributed by atoms with E-state index in [1.807, 2.05) is 0 Å². The Hall–Kier alpha value is -1.62. The minimum Gasteiger partial charge on any atom is -0.244 e. The molecule has 1 N–H and O–H groups in total. The topological polar surface area (TPSA) is 63.6 Å². The third kappa shape index (κ3) is 1.46. The molecule has 0 saturated carbocycles. The molecule has 0 aliphatic heterocycles. The van der Waals surface area contributed by atoms with Gasteiger partial charge in [-0.3, -0.25) is 0 Å². The van der Waals surface area contributed by atoms with Gasteiger partial charge in [0.2, 0.25) is 0 Å². The van der Waals surface area contributed by atoms with E-state index in [0.29, 0.717) is 10.7 Å². The molecule has 0 aliphatic carbocycles. The highest BCUT2D eigenvalue weighted by molar-refractivity contribution is 6.30. The van der Waals surface area contributed by atoms with E-state index < -0.39 is 0 Å². The Bertz CT molecular complexity index is 458. The molecule has 0 fully saturated rings. The van der Waals surface area contributed by atoms with Gasteiger partial charge in [-0.05, 0) is 34.7 Å². The number of rotatable bonds is 1. The van der Waals surface area contributed by atoms with Crippen molar-refractivity contribution in [2.75, 3.05) is 0 Å². The molecule has 0 aliphatic rings. The molecule has 1 aromatic carbocycles. The quantitative estimate of drug-likeness (QED) is 0.727.